The van der Waals surface area contributed by atoms with E-state index in [9.17, 15) is 9.90 Å². The van der Waals surface area contributed by atoms with Crippen molar-refractivity contribution in [2.24, 2.45) is 0 Å². The van der Waals surface area contributed by atoms with Gasteiger partial charge in [-0.1, -0.05) is 26.7 Å². The summed E-state index contributed by atoms with van der Waals surface area (Å²) in [5, 5.41) is 10.1. The summed E-state index contributed by atoms with van der Waals surface area (Å²) in [5.74, 6) is 0.0981. The first kappa shape index (κ1) is 16.2. The van der Waals surface area contributed by atoms with Crippen LogP contribution in [-0.2, 0) is 4.79 Å². The molecule has 0 bridgehead atoms. The van der Waals surface area contributed by atoms with Gasteiger partial charge in [-0.05, 0) is 44.1 Å². The molecule has 0 aromatic rings. The van der Waals surface area contributed by atoms with Crippen LogP contribution in [0.2, 0.25) is 0 Å². The molecule has 3 nitrogen and oxygen atoms in total. The van der Waals surface area contributed by atoms with Crippen molar-refractivity contribution in [2.75, 3.05) is 13.1 Å². The molecule has 110 valence electrons. The van der Waals surface area contributed by atoms with Crippen molar-refractivity contribution in [1.29, 1.82) is 0 Å². The second-order valence-electron chi connectivity index (χ2n) is 5.51. The van der Waals surface area contributed by atoms with E-state index in [2.05, 4.69) is 13.8 Å². The molecule has 1 rings (SSSR count). The van der Waals surface area contributed by atoms with Crippen LogP contribution in [0.4, 0.5) is 0 Å². The van der Waals surface area contributed by atoms with Gasteiger partial charge in [0.1, 0.15) is 0 Å². The van der Waals surface area contributed by atoms with Crippen LogP contribution in [0.25, 0.3) is 0 Å². The molecule has 0 saturated carbocycles. The molecular weight excluding hydrogens is 238 g/mol. The van der Waals surface area contributed by atoms with Crippen LogP contribution in [0.5, 0.6) is 0 Å². The van der Waals surface area contributed by atoms with Crippen molar-refractivity contribution < 1.29 is 9.90 Å². The van der Waals surface area contributed by atoms with Crippen LogP contribution in [0.1, 0.15) is 65.2 Å². The van der Waals surface area contributed by atoms with Crippen LogP contribution in [0.15, 0.2) is 11.6 Å². The average Bonchev–Trinajstić information content (AvgIpc) is 2.44. The fourth-order valence-electron chi connectivity index (χ4n) is 2.54. The predicted molar refractivity (Wildman–Crippen MR) is 79.0 cm³/mol. The molecule has 0 aromatic carbocycles. The second-order valence-corrected chi connectivity index (χ2v) is 5.51. The van der Waals surface area contributed by atoms with Crippen LogP contribution in [0.3, 0.4) is 0 Å². The van der Waals surface area contributed by atoms with Gasteiger partial charge in [-0.2, -0.15) is 0 Å². The molecule has 0 aliphatic carbocycles. The van der Waals surface area contributed by atoms with Crippen LogP contribution in [0, 0.1) is 0 Å². The largest absolute Gasteiger partial charge is 0.389 e. The monoisotopic (exact) mass is 267 g/mol. The molecule has 1 aliphatic heterocycles. The summed E-state index contributed by atoms with van der Waals surface area (Å²) in [6, 6.07) is 0. The molecule has 1 atom stereocenters. The van der Waals surface area contributed by atoms with Gasteiger partial charge in [0, 0.05) is 19.2 Å². The maximum atomic E-state index is 12.2. The normalized spacial score (nSPS) is 18.5. The lowest BCUT2D eigenvalue weighted by molar-refractivity contribution is -0.127. The predicted octanol–water partition coefficient (Wildman–Crippen LogP) is 3.28. The maximum absolute atomic E-state index is 12.2. The lowest BCUT2D eigenvalue weighted by atomic mass is 9.99. The number of nitrogens with zero attached hydrogens (tertiary/aromatic N) is 1. The van der Waals surface area contributed by atoms with Crippen molar-refractivity contribution in [3.8, 4) is 0 Å². The minimum atomic E-state index is -0.440. The van der Waals surface area contributed by atoms with Gasteiger partial charge in [0.15, 0.2) is 0 Å². The number of piperidine rings is 1. The first-order chi connectivity index (χ1) is 9.19. The number of amides is 1. The van der Waals surface area contributed by atoms with Gasteiger partial charge in [0.05, 0.1) is 6.10 Å². The zero-order valence-corrected chi connectivity index (χ0v) is 12.5. The SMILES string of the molecule is CCCC/C(=C\C(=O)N1CCCCC1)C(O)CCC. The Morgan fingerprint density at radius 2 is 1.89 bits per heavy atom. The van der Waals surface area contributed by atoms with Crippen LogP contribution in [-0.4, -0.2) is 35.1 Å². The molecule has 0 spiro atoms. The van der Waals surface area contributed by atoms with Crippen LogP contribution >= 0.6 is 0 Å². The van der Waals surface area contributed by atoms with Crippen molar-refractivity contribution in [3.63, 3.8) is 0 Å². The minimum Gasteiger partial charge on any atom is -0.389 e. The summed E-state index contributed by atoms with van der Waals surface area (Å²) in [5.41, 5.74) is 0.930. The van der Waals surface area contributed by atoms with E-state index in [1.807, 2.05) is 4.90 Å². The number of unbranched alkanes of at least 4 members (excludes halogenated alkanes) is 1. The van der Waals surface area contributed by atoms with E-state index in [1.54, 1.807) is 6.08 Å². The van der Waals surface area contributed by atoms with Crippen molar-refractivity contribution in [1.82, 2.24) is 4.90 Å². The minimum absolute atomic E-state index is 0.0981. The topological polar surface area (TPSA) is 40.5 Å². The Bertz CT molecular complexity index is 293. The molecule has 1 amide bonds. The first-order valence-electron chi connectivity index (χ1n) is 7.86. The number of carbonyl (C=O) groups excluding carboxylic acids is 1. The smallest absolute Gasteiger partial charge is 0.246 e. The molecule has 1 fully saturated rings. The third kappa shape index (κ3) is 5.77. The molecule has 0 aromatic heterocycles. The number of carbonyl (C=O) groups is 1. The van der Waals surface area contributed by atoms with E-state index in [0.29, 0.717) is 0 Å². The summed E-state index contributed by atoms with van der Waals surface area (Å²) in [7, 11) is 0. The lowest BCUT2D eigenvalue weighted by Crippen LogP contribution is -2.35. The van der Waals surface area contributed by atoms with Crippen molar-refractivity contribution >= 4 is 5.91 Å². The highest BCUT2D eigenvalue weighted by Gasteiger charge is 2.17. The Morgan fingerprint density at radius 1 is 1.21 bits per heavy atom. The van der Waals surface area contributed by atoms with Gasteiger partial charge >= 0.3 is 0 Å². The molecule has 1 aliphatic rings. The Labute approximate surface area is 117 Å². The molecule has 1 saturated heterocycles. The van der Waals surface area contributed by atoms with Crippen molar-refractivity contribution in [3.05, 3.63) is 11.6 Å². The Hall–Kier alpha value is -0.830. The highest BCUT2D eigenvalue weighted by molar-refractivity contribution is 5.88. The molecule has 19 heavy (non-hydrogen) atoms. The molecule has 1 unspecified atom stereocenters. The third-order valence-electron chi connectivity index (χ3n) is 3.79. The highest BCUT2D eigenvalue weighted by Crippen LogP contribution is 2.17. The average molecular weight is 267 g/mol. The Balaban J connectivity index is 2.64. The summed E-state index contributed by atoms with van der Waals surface area (Å²) in [6.45, 7) is 5.95. The number of hydrogen-bond acceptors (Lipinski definition) is 2. The molecule has 1 N–H and O–H groups in total. The van der Waals surface area contributed by atoms with Gasteiger partial charge in [-0.15, -0.1) is 0 Å². The fourth-order valence-corrected chi connectivity index (χ4v) is 2.54. The zero-order valence-electron chi connectivity index (χ0n) is 12.5. The third-order valence-corrected chi connectivity index (χ3v) is 3.79. The second kappa shape index (κ2) is 9.13. The van der Waals surface area contributed by atoms with Gasteiger partial charge in [0.2, 0.25) is 5.91 Å². The van der Waals surface area contributed by atoms with Crippen LogP contribution < -0.4 is 0 Å². The van der Waals surface area contributed by atoms with E-state index in [-0.39, 0.29) is 5.91 Å². The number of hydrogen-bond donors (Lipinski definition) is 1. The summed E-state index contributed by atoms with van der Waals surface area (Å²) >= 11 is 0. The van der Waals surface area contributed by atoms with E-state index in [4.69, 9.17) is 0 Å². The van der Waals surface area contributed by atoms with E-state index < -0.39 is 6.10 Å². The zero-order chi connectivity index (χ0) is 14.1. The Morgan fingerprint density at radius 3 is 2.47 bits per heavy atom. The van der Waals surface area contributed by atoms with E-state index in [0.717, 1.165) is 63.6 Å². The quantitative estimate of drug-likeness (QED) is 0.719. The van der Waals surface area contributed by atoms with E-state index >= 15 is 0 Å². The summed E-state index contributed by atoms with van der Waals surface area (Å²) < 4.78 is 0. The number of aliphatic hydroxyl groups excluding tert-OH is 1. The highest BCUT2D eigenvalue weighted by atomic mass is 16.3. The number of aliphatic hydroxyl groups is 1. The lowest BCUT2D eigenvalue weighted by Gasteiger charge is -2.26. The number of likely N-dealkylation sites (tertiary alicyclic amines) is 1. The molecule has 1 heterocycles. The molecular formula is C16H29NO2. The van der Waals surface area contributed by atoms with Gasteiger partial charge in [-0.25, -0.2) is 0 Å². The fraction of sp³-hybridized carbons (Fsp3) is 0.812. The summed E-state index contributed by atoms with van der Waals surface area (Å²) in [4.78, 5) is 14.1. The van der Waals surface area contributed by atoms with E-state index in [1.165, 1.54) is 6.42 Å². The van der Waals surface area contributed by atoms with Gasteiger partial charge in [-0.3, -0.25) is 4.79 Å². The van der Waals surface area contributed by atoms with Gasteiger partial charge < -0.3 is 10.0 Å². The summed E-state index contributed by atoms with van der Waals surface area (Å²) in [6.07, 6.45) is 9.40. The Kier molecular flexibility index (Phi) is 7.80. The molecule has 0 radical (unpaired) electrons. The molecule has 3 heteroatoms. The maximum Gasteiger partial charge on any atom is 0.246 e. The first-order valence-corrected chi connectivity index (χ1v) is 7.86. The number of rotatable bonds is 7. The van der Waals surface area contributed by atoms with Gasteiger partial charge in [0.25, 0.3) is 0 Å². The standard InChI is InChI=1S/C16H29NO2/c1-3-5-10-14(15(18)9-4-2)13-16(19)17-11-7-6-8-12-17/h13,15,18H,3-12H2,1-2H3/b14-13+. The van der Waals surface area contributed by atoms with Crippen molar-refractivity contribution in [2.45, 2.75) is 71.3 Å².